The number of hydrogen-bond acceptors (Lipinski definition) is 4. The second-order valence-electron chi connectivity index (χ2n) is 5.29. The van der Waals surface area contributed by atoms with Gasteiger partial charge in [0.15, 0.2) is 0 Å². The first kappa shape index (κ1) is 18.0. The van der Waals surface area contributed by atoms with Gasteiger partial charge in [0.05, 0.1) is 18.5 Å². The Hall–Kier alpha value is -2.76. The fraction of sp³-hybridized carbons (Fsp3) is 0.0526. The number of ether oxygens (including phenoxy) is 2. The van der Waals surface area contributed by atoms with Gasteiger partial charge in [0.2, 0.25) is 0 Å². The third kappa shape index (κ3) is 4.07. The van der Waals surface area contributed by atoms with Gasteiger partial charge in [-0.1, -0.05) is 35.3 Å². The maximum atomic E-state index is 11.0. The lowest BCUT2D eigenvalue weighted by Gasteiger charge is -2.12. The van der Waals surface area contributed by atoms with Crippen molar-refractivity contribution < 1.29 is 19.4 Å². The van der Waals surface area contributed by atoms with Crippen LogP contribution in [0.2, 0.25) is 10.0 Å². The Bertz CT molecular complexity index is 958. The summed E-state index contributed by atoms with van der Waals surface area (Å²) in [5, 5.41) is 10.1. The zero-order valence-electron chi connectivity index (χ0n) is 13.6. The van der Waals surface area contributed by atoms with Crippen LogP contribution in [0, 0.1) is 0 Å². The van der Waals surface area contributed by atoms with Crippen molar-refractivity contribution in [3.63, 3.8) is 0 Å². The summed E-state index contributed by atoms with van der Waals surface area (Å²) in [6, 6.07) is 15.2. The van der Waals surface area contributed by atoms with Crippen molar-refractivity contribution in [1.82, 2.24) is 4.98 Å². The summed E-state index contributed by atoms with van der Waals surface area (Å²) in [7, 11) is 1.52. The number of methoxy groups -OCH3 is 1. The fourth-order valence-electron chi connectivity index (χ4n) is 2.45. The van der Waals surface area contributed by atoms with Crippen molar-refractivity contribution in [2.45, 2.75) is 0 Å². The first-order chi connectivity index (χ1) is 12.5. The van der Waals surface area contributed by atoms with E-state index >= 15 is 0 Å². The number of carboxylic acid groups (broad SMARTS) is 1. The van der Waals surface area contributed by atoms with Gasteiger partial charge in [0.25, 0.3) is 0 Å². The van der Waals surface area contributed by atoms with Gasteiger partial charge in [0.1, 0.15) is 11.5 Å². The maximum absolute atomic E-state index is 11.0. The van der Waals surface area contributed by atoms with Crippen molar-refractivity contribution in [1.29, 1.82) is 0 Å². The molecule has 0 atom stereocenters. The van der Waals surface area contributed by atoms with Gasteiger partial charge in [-0.3, -0.25) is 0 Å². The highest BCUT2D eigenvalue weighted by Crippen LogP contribution is 2.35. The molecule has 5 nitrogen and oxygen atoms in total. The SMILES string of the molecule is COc1cc(Cl)ccc1-c1cc(OC(=O)O)cc(-c2ccc(Cl)cc2)n1. The fourth-order valence-corrected chi connectivity index (χ4v) is 2.74. The summed E-state index contributed by atoms with van der Waals surface area (Å²) in [6.07, 6.45) is -1.41. The quantitative estimate of drug-likeness (QED) is 0.572. The number of benzene rings is 2. The molecule has 0 radical (unpaired) electrons. The van der Waals surface area contributed by atoms with Crippen LogP contribution in [0.25, 0.3) is 22.5 Å². The molecule has 0 aliphatic carbocycles. The van der Waals surface area contributed by atoms with E-state index in [1.165, 1.54) is 13.2 Å². The minimum Gasteiger partial charge on any atom is -0.496 e. The molecule has 0 amide bonds. The Morgan fingerprint density at radius 3 is 2.27 bits per heavy atom. The lowest BCUT2D eigenvalue weighted by atomic mass is 10.1. The van der Waals surface area contributed by atoms with Gasteiger partial charge in [-0.05, 0) is 30.3 Å². The molecule has 7 heteroatoms. The van der Waals surface area contributed by atoms with Crippen LogP contribution < -0.4 is 9.47 Å². The molecule has 132 valence electrons. The summed E-state index contributed by atoms with van der Waals surface area (Å²) in [6.45, 7) is 0. The van der Waals surface area contributed by atoms with Crippen molar-refractivity contribution in [2.75, 3.05) is 7.11 Å². The van der Waals surface area contributed by atoms with Gasteiger partial charge in [-0.2, -0.15) is 0 Å². The lowest BCUT2D eigenvalue weighted by molar-refractivity contribution is 0.144. The Morgan fingerprint density at radius 2 is 1.62 bits per heavy atom. The zero-order valence-corrected chi connectivity index (χ0v) is 15.1. The molecule has 3 aromatic rings. The molecule has 0 saturated heterocycles. The molecule has 1 N–H and O–H groups in total. The largest absolute Gasteiger partial charge is 0.511 e. The van der Waals surface area contributed by atoms with E-state index in [0.717, 1.165) is 5.56 Å². The monoisotopic (exact) mass is 389 g/mol. The van der Waals surface area contributed by atoms with E-state index in [9.17, 15) is 4.79 Å². The molecular formula is C19H13Cl2NO4. The van der Waals surface area contributed by atoms with Crippen LogP contribution in [-0.2, 0) is 0 Å². The molecule has 1 aromatic heterocycles. The number of halogens is 2. The third-order valence-corrected chi connectivity index (χ3v) is 4.07. The number of carbonyl (C=O) groups is 1. The van der Waals surface area contributed by atoms with Gasteiger partial charge >= 0.3 is 6.16 Å². The zero-order chi connectivity index (χ0) is 18.7. The van der Waals surface area contributed by atoms with Crippen LogP contribution in [-0.4, -0.2) is 23.4 Å². The maximum Gasteiger partial charge on any atom is 0.511 e. The standard InChI is InChI=1S/C19H13Cl2NO4/c1-25-18-8-13(21)6-7-15(18)17-10-14(26-19(23)24)9-16(22-17)11-2-4-12(20)5-3-11/h2-10H,1H3,(H,23,24). The van der Waals surface area contributed by atoms with E-state index in [4.69, 9.17) is 37.8 Å². The number of nitrogens with zero attached hydrogens (tertiary/aromatic N) is 1. The predicted octanol–water partition coefficient (Wildman–Crippen LogP) is 5.79. The first-order valence-electron chi connectivity index (χ1n) is 7.49. The molecule has 3 rings (SSSR count). The van der Waals surface area contributed by atoms with E-state index in [2.05, 4.69) is 4.98 Å². The molecule has 1 heterocycles. The molecule has 0 bridgehead atoms. The van der Waals surface area contributed by atoms with Crippen LogP contribution in [0.3, 0.4) is 0 Å². The number of rotatable bonds is 4. The summed E-state index contributed by atoms with van der Waals surface area (Å²) in [5.41, 5.74) is 2.44. The van der Waals surface area contributed by atoms with Crippen molar-refractivity contribution in [3.05, 3.63) is 64.6 Å². The summed E-state index contributed by atoms with van der Waals surface area (Å²) in [5.74, 6) is 0.656. The van der Waals surface area contributed by atoms with Gasteiger partial charge < -0.3 is 14.6 Å². The first-order valence-corrected chi connectivity index (χ1v) is 8.24. The van der Waals surface area contributed by atoms with E-state index in [-0.39, 0.29) is 5.75 Å². The van der Waals surface area contributed by atoms with Crippen molar-refractivity contribution >= 4 is 29.4 Å². The van der Waals surface area contributed by atoms with E-state index in [1.54, 1.807) is 48.5 Å². The molecule has 26 heavy (non-hydrogen) atoms. The molecule has 0 spiro atoms. The van der Waals surface area contributed by atoms with Gasteiger partial charge in [-0.25, -0.2) is 9.78 Å². The highest BCUT2D eigenvalue weighted by atomic mass is 35.5. The van der Waals surface area contributed by atoms with Crippen LogP contribution in [0.5, 0.6) is 11.5 Å². The van der Waals surface area contributed by atoms with Crippen LogP contribution in [0.1, 0.15) is 0 Å². The van der Waals surface area contributed by atoms with Crippen molar-refractivity contribution in [3.8, 4) is 34.0 Å². The van der Waals surface area contributed by atoms with Crippen LogP contribution in [0.15, 0.2) is 54.6 Å². The summed E-state index contributed by atoms with van der Waals surface area (Å²) in [4.78, 5) is 15.6. The molecule has 2 aromatic carbocycles. The second-order valence-corrected chi connectivity index (χ2v) is 6.17. The Balaban J connectivity index is 2.17. The smallest absolute Gasteiger partial charge is 0.496 e. The Kier molecular flexibility index (Phi) is 5.30. The highest BCUT2D eigenvalue weighted by Gasteiger charge is 2.14. The summed E-state index contributed by atoms with van der Waals surface area (Å²) >= 11 is 11.9. The minimum atomic E-state index is -1.41. The number of aromatic nitrogens is 1. The molecule has 0 saturated carbocycles. The average molecular weight is 390 g/mol. The molecular weight excluding hydrogens is 377 g/mol. The second kappa shape index (κ2) is 7.64. The molecule has 0 aliphatic rings. The van der Waals surface area contributed by atoms with Gasteiger partial charge in [-0.15, -0.1) is 0 Å². The van der Waals surface area contributed by atoms with Gasteiger partial charge in [0, 0.05) is 33.3 Å². The number of hydrogen-bond donors (Lipinski definition) is 1. The third-order valence-electron chi connectivity index (χ3n) is 3.58. The van der Waals surface area contributed by atoms with E-state index < -0.39 is 6.16 Å². The highest BCUT2D eigenvalue weighted by molar-refractivity contribution is 6.31. The van der Waals surface area contributed by atoms with E-state index in [1.807, 2.05) is 0 Å². The lowest BCUT2D eigenvalue weighted by Crippen LogP contribution is -2.04. The summed E-state index contributed by atoms with van der Waals surface area (Å²) < 4.78 is 10.2. The number of pyridine rings is 1. The average Bonchev–Trinajstić information content (AvgIpc) is 2.61. The molecule has 0 fully saturated rings. The van der Waals surface area contributed by atoms with E-state index in [0.29, 0.717) is 32.7 Å². The normalized spacial score (nSPS) is 10.4. The van der Waals surface area contributed by atoms with Crippen molar-refractivity contribution in [2.24, 2.45) is 0 Å². The Morgan fingerprint density at radius 1 is 0.962 bits per heavy atom. The van der Waals surface area contributed by atoms with Crippen LogP contribution >= 0.6 is 23.2 Å². The van der Waals surface area contributed by atoms with Crippen LogP contribution in [0.4, 0.5) is 4.79 Å². The minimum absolute atomic E-state index is 0.143. The molecule has 0 unspecified atom stereocenters. The Labute approximate surface area is 159 Å². The molecule has 0 aliphatic heterocycles. The topological polar surface area (TPSA) is 68.7 Å². The predicted molar refractivity (Wildman–Crippen MR) is 100 cm³/mol.